The van der Waals surface area contributed by atoms with Gasteiger partial charge in [-0.2, -0.15) is 0 Å². The number of nitrogens with one attached hydrogen (secondary N) is 1. The molecular weight excluding hydrogens is 276 g/mol. The largest absolute Gasteiger partial charge is 0.364 e. The van der Waals surface area contributed by atoms with Crippen LogP contribution in [-0.4, -0.2) is 35.5 Å². The van der Waals surface area contributed by atoms with Crippen molar-refractivity contribution in [3.63, 3.8) is 0 Å². The van der Waals surface area contributed by atoms with Gasteiger partial charge in [0.1, 0.15) is 5.69 Å². The van der Waals surface area contributed by atoms with Crippen molar-refractivity contribution in [2.24, 2.45) is 5.92 Å². The third kappa shape index (κ3) is 2.54. The van der Waals surface area contributed by atoms with Crippen LogP contribution >= 0.6 is 0 Å². The molecule has 1 N–H and O–H groups in total. The molecule has 1 aromatic rings. The number of anilines is 1. The van der Waals surface area contributed by atoms with Gasteiger partial charge in [-0.15, -0.1) is 0 Å². The molecule has 0 aliphatic carbocycles. The second-order valence-corrected chi connectivity index (χ2v) is 5.56. The molecule has 0 radical (unpaired) electrons. The van der Waals surface area contributed by atoms with E-state index in [0.717, 1.165) is 32.0 Å². The Balaban J connectivity index is 1.91. The van der Waals surface area contributed by atoms with Crippen molar-refractivity contribution in [2.75, 3.05) is 24.5 Å². The number of non-ortho nitro benzene ring substituents is 1. The zero-order valence-corrected chi connectivity index (χ0v) is 11.4. The molecule has 3 rings (SSSR count). The number of hydrogen-bond acceptors (Lipinski definition) is 6. The van der Waals surface area contributed by atoms with E-state index in [0.29, 0.717) is 24.2 Å². The molecule has 21 heavy (non-hydrogen) atoms. The van der Waals surface area contributed by atoms with Crippen molar-refractivity contribution in [1.82, 2.24) is 5.32 Å². The van der Waals surface area contributed by atoms with Crippen LogP contribution < -0.4 is 10.2 Å². The van der Waals surface area contributed by atoms with Gasteiger partial charge in [0.25, 0.3) is 11.4 Å². The van der Waals surface area contributed by atoms with Crippen molar-refractivity contribution in [1.29, 1.82) is 0 Å². The molecule has 2 aliphatic heterocycles. The molecule has 2 heterocycles. The van der Waals surface area contributed by atoms with E-state index in [9.17, 15) is 20.2 Å². The first-order chi connectivity index (χ1) is 10.1. The summed E-state index contributed by atoms with van der Waals surface area (Å²) in [6.07, 6.45) is 2.24. The summed E-state index contributed by atoms with van der Waals surface area (Å²) in [5.41, 5.74) is 0.0323. The van der Waals surface area contributed by atoms with Gasteiger partial charge >= 0.3 is 0 Å². The number of fused-ring (bicyclic) bond motifs is 1. The molecule has 8 nitrogen and oxygen atoms in total. The highest BCUT2D eigenvalue weighted by molar-refractivity contribution is 5.67. The molecule has 0 saturated carbocycles. The maximum atomic E-state index is 11.2. The lowest BCUT2D eigenvalue weighted by Gasteiger charge is -2.24. The van der Waals surface area contributed by atoms with Gasteiger partial charge in [0.05, 0.1) is 15.9 Å². The van der Waals surface area contributed by atoms with Gasteiger partial charge in [0, 0.05) is 25.2 Å². The van der Waals surface area contributed by atoms with Crippen LogP contribution in [0.2, 0.25) is 0 Å². The van der Waals surface area contributed by atoms with Crippen molar-refractivity contribution in [3.05, 3.63) is 38.4 Å². The number of hydrogen-bond donors (Lipinski definition) is 1. The van der Waals surface area contributed by atoms with E-state index in [1.807, 2.05) is 4.90 Å². The molecule has 2 saturated heterocycles. The third-order valence-electron chi connectivity index (χ3n) is 4.31. The van der Waals surface area contributed by atoms with E-state index >= 15 is 0 Å². The Hall–Kier alpha value is -2.22. The van der Waals surface area contributed by atoms with E-state index in [4.69, 9.17) is 0 Å². The quantitative estimate of drug-likeness (QED) is 0.672. The topological polar surface area (TPSA) is 102 Å². The molecule has 0 spiro atoms. The predicted octanol–water partition coefficient (Wildman–Crippen LogP) is 1.69. The number of nitro benzene ring substituents is 2. The van der Waals surface area contributed by atoms with E-state index in [2.05, 4.69) is 5.32 Å². The fourth-order valence-corrected chi connectivity index (χ4v) is 3.28. The minimum absolute atomic E-state index is 0.192. The second kappa shape index (κ2) is 5.28. The molecule has 0 aromatic heterocycles. The maximum absolute atomic E-state index is 11.2. The minimum Gasteiger partial charge on any atom is -0.364 e. The fourth-order valence-electron chi connectivity index (χ4n) is 3.28. The summed E-state index contributed by atoms with van der Waals surface area (Å²) in [7, 11) is 0. The molecule has 8 heteroatoms. The number of piperidine rings is 1. The summed E-state index contributed by atoms with van der Waals surface area (Å²) in [6, 6.07) is 4.23. The monoisotopic (exact) mass is 292 g/mol. The lowest BCUT2D eigenvalue weighted by Crippen LogP contribution is -2.40. The standard InChI is InChI=1S/C13H16N4O4/c18-16(19)10-3-4-12(13(6-10)17(20)21)15-7-9-2-1-5-14-11(9)8-15/h3-4,6,9,11,14H,1-2,5,7-8H2. The molecule has 2 atom stereocenters. The SMILES string of the molecule is O=[N+]([O-])c1ccc(N2CC3CCCNC3C2)c([N+](=O)[O-])c1. The lowest BCUT2D eigenvalue weighted by molar-refractivity contribution is -0.393. The molecule has 2 fully saturated rings. The number of nitrogens with zero attached hydrogens (tertiary/aromatic N) is 3. The minimum atomic E-state index is -0.609. The molecule has 1 aromatic carbocycles. The Morgan fingerprint density at radius 3 is 2.67 bits per heavy atom. The van der Waals surface area contributed by atoms with Crippen LogP contribution in [0, 0.1) is 26.1 Å². The average Bonchev–Trinajstić information content (AvgIpc) is 2.90. The zero-order chi connectivity index (χ0) is 15.0. The van der Waals surface area contributed by atoms with Crippen LogP contribution in [-0.2, 0) is 0 Å². The van der Waals surface area contributed by atoms with Crippen molar-refractivity contribution >= 4 is 17.1 Å². The molecule has 0 bridgehead atoms. The number of rotatable bonds is 3. The van der Waals surface area contributed by atoms with Crippen molar-refractivity contribution in [3.8, 4) is 0 Å². The highest BCUT2D eigenvalue weighted by atomic mass is 16.6. The maximum Gasteiger partial charge on any atom is 0.299 e. The van der Waals surface area contributed by atoms with Gasteiger partial charge in [0.15, 0.2) is 0 Å². The lowest BCUT2D eigenvalue weighted by atomic mass is 9.94. The normalized spacial score (nSPS) is 24.7. The summed E-state index contributed by atoms with van der Waals surface area (Å²) >= 11 is 0. The van der Waals surface area contributed by atoms with Crippen LogP contribution in [0.3, 0.4) is 0 Å². The van der Waals surface area contributed by atoms with Crippen molar-refractivity contribution < 1.29 is 9.85 Å². The van der Waals surface area contributed by atoms with Crippen molar-refractivity contribution in [2.45, 2.75) is 18.9 Å². The Morgan fingerprint density at radius 1 is 1.19 bits per heavy atom. The summed E-state index contributed by atoms with van der Waals surface area (Å²) in [4.78, 5) is 22.8. The smallest absolute Gasteiger partial charge is 0.299 e. The second-order valence-electron chi connectivity index (χ2n) is 5.56. The average molecular weight is 292 g/mol. The molecule has 2 aliphatic rings. The highest BCUT2D eigenvalue weighted by Crippen LogP contribution is 2.36. The Labute approximate surface area is 121 Å². The summed E-state index contributed by atoms with van der Waals surface area (Å²) in [6.45, 7) is 2.46. The van der Waals surface area contributed by atoms with E-state index in [-0.39, 0.29) is 11.4 Å². The highest BCUT2D eigenvalue weighted by Gasteiger charge is 2.36. The number of benzene rings is 1. The van der Waals surface area contributed by atoms with Gasteiger partial charge in [0.2, 0.25) is 0 Å². The van der Waals surface area contributed by atoms with Gasteiger partial charge in [-0.05, 0) is 31.4 Å². The third-order valence-corrected chi connectivity index (χ3v) is 4.31. The molecule has 0 amide bonds. The zero-order valence-electron chi connectivity index (χ0n) is 11.4. The van der Waals surface area contributed by atoms with Crippen LogP contribution in [0.5, 0.6) is 0 Å². The molecular formula is C13H16N4O4. The predicted molar refractivity (Wildman–Crippen MR) is 76.5 cm³/mol. The van der Waals surface area contributed by atoms with Crippen LogP contribution in [0.15, 0.2) is 18.2 Å². The van der Waals surface area contributed by atoms with Gasteiger partial charge in [-0.25, -0.2) is 0 Å². The van der Waals surface area contributed by atoms with Gasteiger partial charge in [-0.3, -0.25) is 20.2 Å². The molecule has 112 valence electrons. The Morgan fingerprint density at radius 2 is 2.00 bits per heavy atom. The van der Waals surface area contributed by atoms with Crippen LogP contribution in [0.25, 0.3) is 0 Å². The van der Waals surface area contributed by atoms with E-state index in [1.54, 1.807) is 0 Å². The first kappa shape index (κ1) is 13.7. The summed E-state index contributed by atoms with van der Waals surface area (Å²) in [5.74, 6) is 0.494. The summed E-state index contributed by atoms with van der Waals surface area (Å²) < 4.78 is 0. The Kier molecular flexibility index (Phi) is 3.46. The fraction of sp³-hybridized carbons (Fsp3) is 0.538. The first-order valence-electron chi connectivity index (χ1n) is 6.97. The van der Waals surface area contributed by atoms with Crippen LogP contribution in [0.4, 0.5) is 17.1 Å². The van der Waals surface area contributed by atoms with Gasteiger partial charge < -0.3 is 10.2 Å². The Bertz CT molecular complexity index is 578. The molecule has 2 unspecified atom stereocenters. The van der Waals surface area contributed by atoms with E-state index in [1.165, 1.54) is 12.1 Å². The summed E-state index contributed by atoms with van der Waals surface area (Å²) in [5, 5.41) is 25.4. The van der Waals surface area contributed by atoms with Gasteiger partial charge in [-0.1, -0.05) is 0 Å². The first-order valence-corrected chi connectivity index (χ1v) is 6.97. The van der Waals surface area contributed by atoms with Crippen LogP contribution in [0.1, 0.15) is 12.8 Å². The van der Waals surface area contributed by atoms with E-state index < -0.39 is 9.85 Å². The number of nitro groups is 2.